The standard InChI is InChI=1S/C30H33ClN6O4/c1-20(36-40-14-13-37(5)29(38)41-30(2,3)4)22-8-10-26-24(15-22)28(34-19-33-26)35-23-9-11-27(25(31)16-23)39-18-21-7-6-12-32-17-21/h6-12,15-17,19H,13-14,18H2,1-5H3,(H,33,34,35)/b36-20+. The average Bonchev–Trinajstić information content (AvgIpc) is 2.94. The third-order valence-electron chi connectivity index (χ3n) is 5.79. The van der Waals surface area contributed by atoms with E-state index < -0.39 is 11.7 Å². The number of nitrogens with zero attached hydrogens (tertiary/aromatic N) is 5. The summed E-state index contributed by atoms with van der Waals surface area (Å²) in [5.41, 5.74) is 3.41. The third-order valence-corrected chi connectivity index (χ3v) is 6.08. The Hall–Kier alpha value is -4.44. The number of carbonyl (C=O) groups is 1. The van der Waals surface area contributed by atoms with E-state index in [-0.39, 0.29) is 6.61 Å². The molecule has 0 saturated carbocycles. The Balaban J connectivity index is 1.41. The van der Waals surface area contributed by atoms with Crippen molar-refractivity contribution in [3.63, 3.8) is 0 Å². The van der Waals surface area contributed by atoms with Gasteiger partial charge in [-0.15, -0.1) is 0 Å². The zero-order chi connectivity index (χ0) is 29.4. The fraction of sp³-hybridized carbons (Fsp3) is 0.300. The largest absolute Gasteiger partial charge is 0.487 e. The second kappa shape index (κ2) is 13.3. The molecule has 214 valence electrons. The molecule has 0 aliphatic heterocycles. The molecule has 0 atom stereocenters. The van der Waals surface area contributed by atoms with E-state index in [2.05, 4.69) is 25.4 Å². The molecule has 11 heteroatoms. The number of oxime groups is 1. The number of amides is 1. The monoisotopic (exact) mass is 576 g/mol. The molecule has 0 spiro atoms. The summed E-state index contributed by atoms with van der Waals surface area (Å²) in [7, 11) is 1.65. The van der Waals surface area contributed by atoms with E-state index in [9.17, 15) is 4.79 Å². The third kappa shape index (κ3) is 8.52. The molecular weight excluding hydrogens is 544 g/mol. The predicted molar refractivity (Wildman–Crippen MR) is 160 cm³/mol. The van der Waals surface area contributed by atoms with E-state index in [1.54, 1.807) is 25.5 Å². The van der Waals surface area contributed by atoms with Crippen LogP contribution in [-0.4, -0.2) is 57.5 Å². The number of hydrogen-bond donors (Lipinski definition) is 1. The number of carbonyl (C=O) groups excluding carboxylic acids is 1. The fourth-order valence-electron chi connectivity index (χ4n) is 3.66. The van der Waals surface area contributed by atoms with E-state index in [0.29, 0.717) is 35.5 Å². The maximum atomic E-state index is 12.1. The lowest BCUT2D eigenvalue weighted by Crippen LogP contribution is -2.35. The number of rotatable bonds is 10. The van der Waals surface area contributed by atoms with Gasteiger partial charge in [0.2, 0.25) is 0 Å². The Morgan fingerprint density at radius 3 is 2.68 bits per heavy atom. The number of halogens is 1. The summed E-state index contributed by atoms with van der Waals surface area (Å²) in [5.74, 6) is 1.18. The summed E-state index contributed by atoms with van der Waals surface area (Å²) < 4.78 is 11.2. The predicted octanol–water partition coefficient (Wildman–Crippen LogP) is 6.61. The van der Waals surface area contributed by atoms with Gasteiger partial charge in [0, 0.05) is 36.1 Å². The molecule has 10 nitrogen and oxygen atoms in total. The highest BCUT2D eigenvalue weighted by molar-refractivity contribution is 6.32. The van der Waals surface area contributed by atoms with Gasteiger partial charge in [0.1, 0.15) is 36.7 Å². The summed E-state index contributed by atoms with van der Waals surface area (Å²) in [4.78, 5) is 31.9. The first kappa shape index (κ1) is 29.5. The number of benzene rings is 2. The van der Waals surface area contributed by atoms with Gasteiger partial charge in [-0.25, -0.2) is 14.8 Å². The van der Waals surface area contributed by atoms with Crippen molar-refractivity contribution in [1.82, 2.24) is 19.9 Å². The van der Waals surface area contributed by atoms with Crippen LogP contribution in [-0.2, 0) is 16.2 Å². The van der Waals surface area contributed by atoms with Gasteiger partial charge in [0.15, 0.2) is 0 Å². The molecule has 41 heavy (non-hydrogen) atoms. The number of aromatic nitrogens is 3. The minimum absolute atomic E-state index is 0.222. The lowest BCUT2D eigenvalue weighted by molar-refractivity contribution is 0.0235. The summed E-state index contributed by atoms with van der Waals surface area (Å²) in [6, 6.07) is 15.0. The van der Waals surface area contributed by atoms with Gasteiger partial charge in [0.25, 0.3) is 0 Å². The highest BCUT2D eigenvalue weighted by Gasteiger charge is 2.19. The maximum Gasteiger partial charge on any atom is 0.410 e. The Labute approximate surface area is 244 Å². The van der Waals surface area contributed by atoms with Crippen molar-refractivity contribution in [3.05, 3.63) is 83.4 Å². The average molecular weight is 577 g/mol. The number of anilines is 2. The minimum Gasteiger partial charge on any atom is -0.487 e. The van der Waals surface area contributed by atoms with Gasteiger partial charge in [-0.05, 0) is 69.7 Å². The quantitative estimate of drug-likeness (QED) is 0.127. The van der Waals surface area contributed by atoms with Gasteiger partial charge in [-0.3, -0.25) is 4.98 Å². The number of likely N-dealkylation sites (N-methyl/N-ethyl adjacent to an activating group) is 1. The van der Waals surface area contributed by atoms with Gasteiger partial charge >= 0.3 is 6.09 Å². The molecule has 0 aliphatic rings. The molecular formula is C30H33ClN6O4. The first-order chi connectivity index (χ1) is 19.6. The molecule has 4 rings (SSSR count). The van der Waals surface area contributed by atoms with Crippen molar-refractivity contribution in [2.75, 3.05) is 25.5 Å². The number of nitrogens with one attached hydrogen (secondary N) is 1. The molecule has 2 heterocycles. The highest BCUT2D eigenvalue weighted by atomic mass is 35.5. The van der Waals surface area contributed by atoms with Crippen LogP contribution >= 0.6 is 11.6 Å². The summed E-state index contributed by atoms with van der Waals surface area (Å²) in [6.45, 7) is 8.24. The van der Waals surface area contributed by atoms with E-state index in [1.807, 2.05) is 70.2 Å². The minimum atomic E-state index is -0.556. The van der Waals surface area contributed by atoms with Crippen molar-refractivity contribution in [2.45, 2.75) is 39.9 Å². The molecule has 0 radical (unpaired) electrons. The second-order valence-corrected chi connectivity index (χ2v) is 10.7. The first-order valence-electron chi connectivity index (χ1n) is 13.0. The van der Waals surface area contributed by atoms with Crippen LogP contribution in [0.2, 0.25) is 5.02 Å². The second-order valence-electron chi connectivity index (χ2n) is 10.3. The van der Waals surface area contributed by atoms with Gasteiger partial charge in [-0.1, -0.05) is 28.9 Å². The van der Waals surface area contributed by atoms with Crippen LogP contribution in [0.5, 0.6) is 5.75 Å². The summed E-state index contributed by atoms with van der Waals surface area (Å²) >= 11 is 6.50. The zero-order valence-corrected chi connectivity index (χ0v) is 24.5. The molecule has 2 aromatic heterocycles. The Morgan fingerprint density at radius 1 is 1.12 bits per heavy atom. The number of hydrogen-bond acceptors (Lipinski definition) is 9. The van der Waals surface area contributed by atoms with Crippen LogP contribution < -0.4 is 10.1 Å². The lowest BCUT2D eigenvalue weighted by atomic mass is 10.1. The van der Waals surface area contributed by atoms with E-state index in [4.69, 9.17) is 25.9 Å². The van der Waals surface area contributed by atoms with E-state index in [0.717, 1.165) is 27.7 Å². The maximum absolute atomic E-state index is 12.1. The van der Waals surface area contributed by atoms with E-state index in [1.165, 1.54) is 11.2 Å². The number of ether oxygens (including phenoxy) is 2. The van der Waals surface area contributed by atoms with Crippen LogP contribution in [0.3, 0.4) is 0 Å². The van der Waals surface area contributed by atoms with Crippen LogP contribution in [0.15, 0.2) is 72.4 Å². The molecule has 4 aromatic rings. The summed E-state index contributed by atoms with van der Waals surface area (Å²) in [5, 5.41) is 8.82. The first-order valence-corrected chi connectivity index (χ1v) is 13.4. The molecule has 0 fully saturated rings. The summed E-state index contributed by atoms with van der Waals surface area (Å²) in [6.07, 6.45) is 4.56. The molecule has 1 amide bonds. The SMILES string of the molecule is C/C(=N\OCCN(C)C(=O)OC(C)(C)C)c1ccc2ncnc(Nc3ccc(OCc4cccnc4)c(Cl)c3)c2c1. The fourth-order valence-corrected chi connectivity index (χ4v) is 3.90. The Morgan fingerprint density at radius 2 is 1.95 bits per heavy atom. The van der Waals surface area contributed by atoms with Crippen molar-refractivity contribution in [3.8, 4) is 5.75 Å². The molecule has 0 bridgehead atoms. The van der Waals surface area contributed by atoms with Gasteiger partial charge in [0.05, 0.1) is 22.8 Å². The zero-order valence-electron chi connectivity index (χ0n) is 23.7. The Kier molecular flexibility index (Phi) is 9.57. The van der Waals surface area contributed by atoms with Crippen LogP contribution in [0.25, 0.3) is 10.9 Å². The Bertz CT molecular complexity index is 1520. The normalized spacial score (nSPS) is 11.7. The van der Waals surface area contributed by atoms with Crippen LogP contribution in [0, 0.1) is 0 Å². The van der Waals surface area contributed by atoms with E-state index >= 15 is 0 Å². The van der Waals surface area contributed by atoms with Crippen molar-refractivity contribution in [2.24, 2.45) is 5.16 Å². The topological polar surface area (TPSA) is 111 Å². The van der Waals surface area contributed by atoms with Crippen LogP contribution in [0.1, 0.15) is 38.8 Å². The molecule has 1 N–H and O–H groups in total. The molecule has 2 aromatic carbocycles. The molecule has 0 unspecified atom stereocenters. The lowest BCUT2D eigenvalue weighted by Gasteiger charge is -2.24. The highest BCUT2D eigenvalue weighted by Crippen LogP contribution is 2.31. The molecule has 0 saturated heterocycles. The number of pyridine rings is 1. The van der Waals surface area contributed by atoms with Crippen LogP contribution in [0.4, 0.5) is 16.3 Å². The van der Waals surface area contributed by atoms with Crippen molar-refractivity contribution < 1.29 is 19.1 Å². The van der Waals surface area contributed by atoms with Gasteiger partial charge in [-0.2, -0.15) is 0 Å². The number of fused-ring (bicyclic) bond motifs is 1. The molecule has 0 aliphatic carbocycles. The van der Waals surface area contributed by atoms with Crippen molar-refractivity contribution in [1.29, 1.82) is 0 Å². The smallest absolute Gasteiger partial charge is 0.410 e. The van der Waals surface area contributed by atoms with Crippen molar-refractivity contribution >= 4 is 45.8 Å². The van der Waals surface area contributed by atoms with Gasteiger partial charge < -0.3 is 24.5 Å².